The highest BCUT2D eigenvalue weighted by Gasteiger charge is 2.49. The van der Waals surface area contributed by atoms with Crippen LogP contribution in [0.1, 0.15) is 113 Å². The normalized spacial score (nSPS) is 19.7. The van der Waals surface area contributed by atoms with Crippen LogP contribution in [0, 0.1) is 0 Å². The van der Waals surface area contributed by atoms with Gasteiger partial charge in [0.25, 0.3) is 0 Å². The van der Waals surface area contributed by atoms with Crippen molar-refractivity contribution in [2.45, 2.75) is 102 Å². The van der Waals surface area contributed by atoms with E-state index in [1.807, 2.05) is 24.3 Å². The third-order valence-corrected chi connectivity index (χ3v) is 18.7. The van der Waals surface area contributed by atoms with Crippen molar-refractivity contribution >= 4 is 61.8 Å². The third-order valence-electron chi connectivity index (χ3n) is 18.7. The van der Waals surface area contributed by atoms with Gasteiger partial charge in [-0.05, 0) is 170 Å². The quantitative estimate of drug-likeness (QED) is 0.0974. The number of aromatic nitrogens is 1. The first-order chi connectivity index (χ1) is 36.0. The van der Waals surface area contributed by atoms with Gasteiger partial charge in [0.1, 0.15) is 5.58 Å². The van der Waals surface area contributed by atoms with Gasteiger partial charge in [-0.1, -0.05) is 127 Å². The summed E-state index contributed by atoms with van der Waals surface area (Å²) in [5, 5.41) is 14.0. The molecule has 0 amide bonds. The summed E-state index contributed by atoms with van der Waals surface area (Å²) in [6.07, 6.45) is 7.28. The number of aliphatic carboxylic acids is 1. The molecule has 374 valence electrons. The van der Waals surface area contributed by atoms with E-state index >= 15 is 0 Å². The molecule has 7 nitrogen and oxygen atoms in total. The van der Waals surface area contributed by atoms with Crippen LogP contribution < -0.4 is 15.4 Å². The van der Waals surface area contributed by atoms with Crippen molar-refractivity contribution in [3.8, 4) is 39.1 Å². The molecule has 9 aromatic rings. The fraction of sp³-hybridized carbons (Fsp3) is 0.294. The van der Waals surface area contributed by atoms with Gasteiger partial charge in [0.05, 0.1) is 22.2 Å². The van der Waals surface area contributed by atoms with Crippen LogP contribution in [0.2, 0.25) is 0 Å². The summed E-state index contributed by atoms with van der Waals surface area (Å²) in [6.45, 7) is 20.6. The number of anilines is 2. The van der Waals surface area contributed by atoms with Crippen molar-refractivity contribution < 1.29 is 14.3 Å². The van der Waals surface area contributed by atoms with Crippen LogP contribution >= 0.6 is 0 Å². The van der Waals surface area contributed by atoms with Crippen LogP contribution in [0.25, 0.3) is 83.5 Å². The Hall–Kier alpha value is -7.64. The van der Waals surface area contributed by atoms with Crippen LogP contribution in [0.3, 0.4) is 0 Å². The molecule has 5 aliphatic rings. The van der Waals surface area contributed by atoms with E-state index in [4.69, 9.17) is 4.42 Å². The number of benzene rings is 7. The number of nitrogens with zero attached hydrogens (tertiary/aromatic N) is 3. The number of fused-ring (bicyclic) bond motifs is 5. The molecule has 0 saturated heterocycles. The second-order valence-corrected chi connectivity index (χ2v) is 24.7. The number of rotatable bonds is 7. The summed E-state index contributed by atoms with van der Waals surface area (Å²) in [6, 6.07) is 46.9. The number of para-hydroxylation sites is 1. The molecular weight excluding hydrogens is 923 g/mol. The maximum absolute atomic E-state index is 14.0. The summed E-state index contributed by atoms with van der Waals surface area (Å²) in [4.78, 5) is 32.3. The van der Waals surface area contributed by atoms with E-state index in [2.05, 4.69) is 178 Å². The lowest BCUT2D eigenvalue weighted by molar-refractivity contribution is -0.130. The summed E-state index contributed by atoms with van der Waals surface area (Å²) in [5.41, 5.74) is 20.8. The highest BCUT2D eigenvalue weighted by Crippen LogP contribution is 2.58. The molecule has 75 heavy (non-hydrogen) atoms. The molecular formula is C68H63N3O4. The van der Waals surface area contributed by atoms with Crippen molar-refractivity contribution in [1.29, 1.82) is 0 Å². The third kappa shape index (κ3) is 6.92. The Bertz CT molecular complexity index is 4020. The van der Waals surface area contributed by atoms with Crippen molar-refractivity contribution in [2.75, 3.05) is 36.0 Å². The van der Waals surface area contributed by atoms with E-state index in [1.165, 1.54) is 39.2 Å². The largest absolute Gasteiger partial charge is 0.478 e. The first-order valence-corrected chi connectivity index (χ1v) is 27.1. The SMILES string of the molecule is CC1(C)CCN2CCC3(C)Cc4c(/C=C(\C(=O)O)c5ccc(-c6ccc7c(c6)c6cc(-c8ccc(-c9cc%10cc%11c%12c(c%10oc9=O)C(C)(C)CCN%12CCC%11(C)C)cc8)ccc6n7-c6ccccc6)cc5)cc1c2c43. The molecule has 7 aromatic carbocycles. The van der Waals surface area contributed by atoms with Crippen LogP contribution in [0.4, 0.5) is 11.4 Å². The van der Waals surface area contributed by atoms with Crippen LogP contribution in [0.15, 0.2) is 143 Å². The molecule has 0 spiro atoms. The molecule has 4 aliphatic heterocycles. The molecule has 1 aliphatic carbocycles. The molecule has 1 unspecified atom stereocenters. The van der Waals surface area contributed by atoms with Crippen LogP contribution in [-0.4, -0.2) is 41.8 Å². The molecule has 6 heterocycles. The van der Waals surface area contributed by atoms with Gasteiger partial charge in [0, 0.05) is 70.4 Å². The first-order valence-electron chi connectivity index (χ1n) is 27.1. The van der Waals surface area contributed by atoms with Gasteiger partial charge in [-0.2, -0.15) is 0 Å². The van der Waals surface area contributed by atoms with Gasteiger partial charge in [0.2, 0.25) is 0 Å². The average molecular weight is 986 g/mol. The lowest BCUT2D eigenvalue weighted by atomic mass is 9.57. The predicted molar refractivity (Wildman–Crippen MR) is 308 cm³/mol. The molecule has 14 rings (SSSR count). The van der Waals surface area contributed by atoms with Gasteiger partial charge in [-0.25, -0.2) is 9.59 Å². The highest BCUT2D eigenvalue weighted by molar-refractivity contribution is 6.21. The Labute approximate surface area is 438 Å². The fourth-order valence-corrected chi connectivity index (χ4v) is 14.1. The minimum absolute atomic E-state index is 0.0204. The zero-order valence-corrected chi connectivity index (χ0v) is 44.2. The van der Waals surface area contributed by atoms with Gasteiger partial charge in [-0.15, -0.1) is 0 Å². The van der Waals surface area contributed by atoms with E-state index in [0.29, 0.717) is 16.7 Å². The molecule has 7 heteroatoms. The van der Waals surface area contributed by atoms with Crippen LogP contribution in [0.5, 0.6) is 0 Å². The minimum atomic E-state index is -0.920. The van der Waals surface area contributed by atoms with E-state index in [9.17, 15) is 14.7 Å². The lowest BCUT2D eigenvalue weighted by Crippen LogP contribution is -2.51. The Kier molecular flexibility index (Phi) is 9.76. The maximum atomic E-state index is 14.0. The molecule has 0 saturated carbocycles. The second kappa shape index (κ2) is 15.9. The topological polar surface area (TPSA) is 78.9 Å². The van der Waals surface area contributed by atoms with Crippen LogP contribution in [-0.2, 0) is 32.9 Å². The molecule has 0 fully saturated rings. The van der Waals surface area contributed by atoms with Gasteiger partial charge in [-0.3, -0.25) is 0 Å². The number of carboxylic acid groups (broad SMARTS) is 1. The Balaban J connectivity index is 0.821. The zero-order chi connectivity index (χ0) is 51.5. The Morgan fingerprint density at radius 3 is 1.72 bits per heavy atom. The predicted octanol–water partition coefficient (Wildman–Crippen LogP) is 15.4. The monoisotopic (exact) mass is 985 g/mol. The van der Waals surface area contributed by atoms with Crippen molar-refractivity contribution in [3.05, 3.63) is 183 Å². The summed E-state index contributed by atoms with van der Waals surface area (Å²) < 4.78 is 8.71. The first kappa shape index (κ1) is 45.9. The number of carboxylic acids is 1. The molecule has 0 radical (unpaired) electrons. The molecule has 2 aromatic heterocycles. The average Bonchev–Trinajstić information content (AvgIpc) is 3.81. The smallest absolute Gasteiger partial charge is 0.344 e. The van der Waals surface area contributed by atoms with E-state index in [0.717, 1.165) is 130 Å². The van der Waals surface area contributed by atoms with E-state index in [-0.39, 0.29) is 27.3 Å². The molecule has 1 atom stereocenters. The van der Waals surface area contributed by atoms with Crippen molar-refractivity contribution in [1.82, 2.24) is 4.57 Å². The second-order valence-electron chi connectivity index (χ2n) is 24.7. The Morgan fingerprint density at radius 1 is 0.573 bits per heavy atom. The maximum Gasteiger partial charge on any atom is 0.344 e. The van der Waals surface area contributed by atoms with Gasteiger partial charge >= 0.3 is 11.6 Å². The standard InChI is InChI=1S/C68H63N3O4/c1-65(2)26-30-70-32-28-68(7)39-53-46(37-54(65)60(70)58(53)68)35-49(63(72)73)42-17-13-40(14-18-42)44-21-23-56-51(33-44)52-34-45(22-24-57(52)71(56)48-11-9-8-10-12-48)41-15-19-43(20-16-41)50-36-47-38-55-61-59(62(47)75-64(50)74)67(5,6)27-31-69(61)29-25-66(55,3)4/h8-24,33-38H,25-32,39H2,1-7H3,(H,72,73)/b49-35-. The fourth-order valence-electron chi connectivity index (χ4n) is 14.1. The van der Waals surface area contributed by atoms with E-state index < -0.39 is 5.97 Å². The number of hydrogen-bond acceptors (Lipinski definition) is 5. The molecule has 1 N–H and O–H groups in total. The van der Waals surface area contributed by atoms with Gasteiger partial charge < -0.3 is 23.9 Å². The number of carbonyl (C=O) groups is 1. The summed E-state index contributed by atoms with van der Waals surface area (Å²) >= 11 is 0. The van der Waals surface area contributed by atoms with E-state index in [1.54, 1.807) is 0 Å². The minimum Gasteiger partial charge on any atom is -0.478 e. The lowest BCUT2D eigenvalue weighted by Gasteiger charge is -2.55. The summed E-state index contributed by atoms with van der Waals surface area (Å²) in [7, 11) is 0. The van der Waals surface area contributed by atoms with Crippen molar-refractivity contribution in [2.24, 2.45) is 0 Å². The Morgan fingerprint density at radius 2 is 1.11 bits per heavy atom. The van der Waals surface area contributed by atoms with Crippen molar-refractivity contribution in [3.63, 3.8) is 0 Å². The summed E-state index contributed by atoms with van der Waals surface area (Å²) in [5.74, 6) is -0.920. The molecule has 0 bridgehead atoms. The van der Waals surface area contributed by atoms with Gasteiger partial charge in [0.15, 0.2) is 0 Å². The number of hydrogen-bond donors (Lipinski definition) is 1. The highest BCUT2D eigenvalue weighted by atomic mass is 16.4. The zero-order valence-electron chi connectivity index (χ0n) is 44.2.